The number of methoxy groups -OCH3 is 2. The van der Waals surface area contributed by atoms with Gasteiger partial charge in [0.1, 0.15) is 22.0 Å². The van der Waals surface area contributed by atoms with Crippen molar-refractivity contribution < 1.29 is 32.2 Å². The molecule has 0 unspecified atom stereocenters. The Kier molecular flexibility index (Phi) is 11.8. The maximum atomic E-state index is 12.9. The Morgan fingerprint density at radius 3 is 2.23 bits per heavy atom. The number of rotatable bonds is 14. The third-order valence-electron chi connectivity index (χ3n) is 5.74. The van der Waals surface area contributed by atoms with Crippen molar-refractivity contribution in [3.63, 3.8) is 0 Å². The van der Waals surface area contributed by atoms with Crippen LogP contribution in [0.1, 0.15) is 69.8 Å². The van der Waals surface area contributed by atoms with Crippen molar-refractivity contribution in [2.24, 2.45) is 0 Å². The summed E-state index contributed by atoms with van der Waals surface area (Å²) < 4.78 is 44.2. The van der Waals surface area contributed by atoms with Crippen molar-refractivity contribution in [2.45, 2.75) is 76.8 Å². The number of hydrogen-bond acceptors (Lipinski definition) is 7. The molecule has 0 aliphatic rings. The van der Waals surface area contributed by atoms with Crippen LogP contribution in [0.25, 0.3) is 0 Å². The fourth-order valence-corrected chi connectivity index (χ4v) is 5.40. The first-order valence-corrected chi connectivity index (χ1v) is 14.6. The van der Waals surface area contributed by atoms with E-state index >= 15 is 0 Å². The van der Waals surface area contributed by atoms with Crippen LogP contribution in [-0.2, 0) is 21.2 Å². The molecular weight excluding hydrogens is 520 g/mol. The topological polar surface area (TPSA) is 111 Å². The predicted octanol–water partition coefficient (Wildman–Crippen LogP) is 5.22. The molecule has 0 aliphatic carbocycles. The van der Waals surface area contributed by atoms with Gasteiger partial charge in [-0.25, -0.2) is 17.9 Å². The van der Waals surface area contributed by atoms with E-state index < -0.39 is 21.7 Å². The van der Waals surface area contributed by atoms with Crippen LogP contribution in [-0.4, -0.2) is 64.1 Å². The van der Waals surface area contributed by atoms with Crippen LogP contribution < -0.4 is 14.2 Å². The molecular formula is C29H42N2O7S. The fourth-order valence-electron chi connectivity index (χ4n) is 3.95. The number of carbonyl (C=O) groups is 2. The molecule has 9 nitrogen and oxygen atoms in total. The van der Waals surface area contributed by atoms with Crippen LogP contribution >= 0.6 is 0 Å². The molecule has 0 bridgehead atoms. The zero-order valence-corrected chi connectivity index (χ0v) is 24.9. The van der Waals surface area contributed by atoms with Gasteiger partial charge in [0.15, 0.2) is 5.78 Å². The molecule has 216 valence electrons. The summed E-state index contributed by atoms with van der Waals surface area (Å²) in [5.74, 6) is 0.746. The smallest absolute Gasteiger partial charge is 0.410 e. The van der Waals surface area contributed by atoms with Crippen LogP contribution in [0.5, 0.6) is 11.5 Å². The quantitative estimate of drug-likeness (QED) is 0.248. The zero-order valence-electron chi connectivity index (χ0n) is 24.1. The minimum atomic E-state index is -3.85. The number of ketones is 1. The van der Waals surface area contributed by atoms with Crippen LogP contribution in [0.4, 0.5) is 4.79 Å². The van der Waals surface area contributed by atoms with E-state index in [0.717, 1.165) is 11.3 Å². The average Bonchev–Trinajstić information content (AvgIpc) is 2.86. The third kappa shape index (κ3) is 10.2. The molecule has 0 spiro atoms. The lowest BCUT2D eigenvalue weighted by atomic mass is 10.0. The van der Waals surface area contributed by atoms with Crippen LogP contribution in [0.3, 0.4) is 0 Å². The van der Waals surface area contributed by atoms with Gasteiger partial charge in [0, 0.05) is 31.1 Å². The second-order valence-corrected chi connectivity index (χ2v) is 12.2. The Morgan fingerprint density at radius 2 is 1.62 bits per heavy atom. The number of unbranched alkanes of at least 4 members (excludes halogenated alkanes) is 1. The molecule has 0 saturated carbocycles. The number of para-hydroxylation sites is 1. The summed E-state index contributed by atoms with van der Waals surface area (Å²) in [5, 5.41) is 0. The lowest BCUT2D eigenvalue weighted by molar-refractivity contribution is 0.0249. The molecule has 0 atom stereocenters. The molecule has 0 fully saturated rings. The van der Waals surface area contributed by atoms with Gasteiger partial charge >= 0.3 is 6.09 Å². The minimum absolute atomic E-state index is 0.0722. The molecule has 39 heavy (non-hydrogen) atoms. The van der Waals surface area contributed by atoms with Crippen molar-refractivity contribution in [1.29, 1.82) is 0 Å². The Hall–Kier alpha value is -3.11. The first kappa shape index (κ1) is 32.1. The molecule has 1 N–H and O–H groups in total. The highest BCUT2D eigenvalue weighted by molar-refractivity contribution is 7.89. The maximum Gasteiger partial charge on any atom is 0.410 e. The van der Waals surface area contributed by atoms with Crippen molar-refractivity contribution >= 4 is 21.9 Å². The third-order valence-corrected chi connectivity index (χ3v) is 7.42. The number of sulfonamides is 1. The van der Waals surface area contributed by atoms with Crippen LogP contribution in [0.2, 0.25) is 0 Å². The van der Waals surface area contributed by atoms with E-state index in [1.807, 2.05) is 45.0 Å². The van der Waals surface area contributed by atoms with Gasteiger partial charge in [-0.15, -0.1) is 0 Å². The van der Waals surface area contributed by atoms with Gasteiger partial charge in [0.25, 0.3) is 0 Å². The van der Waals surface area contributed by atoms with Gasteiger partial charge < -0.3 is 19.1 Å². The molecule has 10 heteroatoms. The number of nitrogens with one attached hydrogen (secondary N) is 1. The summed E-state index contributed by atoms with van der Waals surface area (Å²) in [6.07, 6.45) is 1.48. The van der Waals surface area contributed by atoms with E-state index in [4.69, 9.17) is 14.2 Å². The lowest BCUT2D eigenvalue weighted by Crippen LogP contribution is -2.38. The SMILES string of the molecule is COc1ccccc1CCN(CCCCC(=O)c1ccc(OC)c(S(=O)(=O)NC(C)C)c1)C(=O)OC(C)(C)C. The van der Waals surface area contributed by atoms with E-state index in [-0.39, 0.29) is 28.9 Å². The van der Waals surface area contributed by atoms with Gasteiger partial charge in [0.2, 0.25) is 10.0 Å². The van der Waals surface area contributed by atoms with Crippen molar-refractivity contribution in [2.75, 3.05) is 27.3 Å². The number of Topliss-reactive ketones (excluding diaryl/α,β-unsaturated/α-hetero) is 1. The molecule has 0 aliphatic heterocycles. The van der Waals surface area contributed by atoms with Crippen LogP contribution in [0.15, 0.2) is 47.4 Å². The molecule has 0 heterocycles. The number of nitrogens with zero attached hydrogens (tertiary/aromatic N) is 1. The second-order valence-electron chi connectivity index (χ2n) is 10.6. The molecule has 0 saturated heterocycles. The van der Waals surface area contributed by atoms with Gasteiger partial charge in [-0.2, -0.15) is 0 Å². The van der Waals surface area contributed by atoms with Crippen LogP contribution in [0, 0.1) is 0 Å². The predicted molar refractivity (Wildman–Crippen MR) is 151 cm³/mol. The van der Waals surface area contributed by atoms with E-state index in [0.29, 0.717) is 37.9 Å². The Bertz CT molecular complexity index is 1220. The summed E-state index contributed by atoms with van der Waals surface area (Å²) in [7, 11) is -0.849. The van der Waals surface area contributed by atoms with Gasteiger partial charge in [-0.3, -0.25) is 4.79 Å². The number of benzene rings is 2. The molecule has 0 aromatic heterocycles. The molecule has 0 radical (unpaired) electrons. The molecule has 2 aromatic carbocycles. The van der Waals surface area contributed by atoms with Gasteiger partial charge in [-0.1, -0.05) is 18.2 Å². The Balaban J connectivity index is 2.06. The normalized spacial score (nSPS) is 11.8. The highest BCUT2D eigenvalue weighted by Gasteiger charge is 2.24. The molecule has 2 aromatic rings. The minimum Gasteiger partial charge on any atom is -0.496 e. The van der Waals surface area contributed by atoms with Gasteiger partial charge in [-0.05, 0) is 83.7 Å². The number of ether oxygens (including phenoxy) is 3. The number of carbonyl (C=O) groups excluding carboxylic acids is 2. The highest BCUT2D eigenvalue weighted by atomic mass is 32.2. The maximum absolute atomic E-state index is 12.9. The lowest BCUT2D eigenvalue weighted by Gasteiger charge is -2.27. The summed E-state index contributed by atoms with van der Waals surface area (Å²) in [6, 6.07) is 11.8. The Labute approximate surface area is 232 Å². The first-order valence-electron chi connectivity index (χ1n) is 13.1. The monoisotopic (exact) mass is 562 g/mol. The van der Waals surface area contributed by atoms with E-state index in [9.17, 15) is 18.0 Å². The van der Waals surface area contributed by atoms with E-state index in [2.05, 4.69) is 4.72 Å². The van der Waals surface area contributed by atoms with Crippen molar-refractivity contribution in [3.05, 3.63) is 53.6 Å². The number of hydrogen-bond donors (Lipinski definition) is 1. The summed E-state index contributed by atoms with van der Waals surface area (Å²) in [6.45, 7) is 9.75. The Morgan fingerprint density at radius 1 is 0.949 bits per heavy atom. The largest absolute Gasteiger partial charge is 0.496 e. The summed E-state index contributed by atoms with van der Waals surface area (Å²) >= 11 is 0. The number of amides is 1. The standard InChI is InChI=1S/C29H42N2O7S/c1-21(2)30-39(34,35)27-20-23(15-16-26(27)37-7)24(32)13-10-11-18-31(28(33)38-29(3,4)5)19-17-22-12-8-9-14-25(22)36-6/h8-9,12,14-16,20-21,30H,10-11,13,17-19H2,1-7H3. The van der Waals surface area contributed by atoms with E-state index in [1.54, 1.807) is 31.9 Å². The summed E-state index contributed by atoms with van der Waals surface area (Å²) in [5.41, 5.74) is 0.646. The summed E-state index contributed by atoms with van der Waals surface area (Å²) in [4.78, 5) is 27.4. The van der Waals surface area contributed by atoms with Crippen molar-refractivity contribution in [3.8, 4) is 11.5 Å². The molecule has 1 amide bonds. The highest BCUT2D eigenvalue weighted by Crippen LogP contribution is 2.26. The molecule has 2 rings (SSSR count). The van der Waals surface area contributed by atoms with Crippen molar-refractivity contribution in [1.82, 2.24) is 9.62 Å². The van der Waals surface area contributed by atoms with E-state index in [1.165, 1.54) is 19.2 Å². The second kappa shape index (κ2) is 14.3. The zero-order chi connectivity index (χ0) is 29.2. The first-order chi connectivity index (χ1) is 18.3. The van der Waals surface area contributed by atoms with Gasteiger partial charge in [0.05, 0.1) is 14.2 Å². The fraction of sp³-hybridized carbons (Fsp3) is 0.517. The average molecular weight is 563 g/mol.